The Bertz CT molecular complexity index is 1180. The molecule has 1 aliphatic rings. The van der Waals surface area contributed by atoms with E-state index in [2.05, 4.69) is 0 Å². The molecule has 1 atom stereocenters. The van der Waals surface area contributed by atoms with Crippen molar-refractivity contribution < 1.29 is 22.6 Å². The molecule has 3 aromatic carbocycles. The second-order valence-electron chi connectivity index (χ2n) is 6.80. The standard InChI is InChI=1S/C22H23NO5S2/c1-26-19-14-21(28-3)20(27-2)13-18(19)22-23(10-11-29-22)30(24,25)17-9-8-15-6-4-5-7-16(15)12-17/h4-9,12-14,22H,10-11H2,1-3H3/t22-/m1/s1. The average Bonchev–Trinajstić information content (AvgIpc) is 3.28. The summed E-state index contributed by atoms with van der Waals surface area (Å²) >= 11 is 1.56. The van der Waals surface area contributed by atoms with E-state index < -0.39 is 15.4 Å². The van der Waals surface area contributed by atoms with Crippen molar-refractivity contribution in [2.75, 3.05) is 33.6 Å². The summed E-state index contributed by atoms with van der Waals surface area (Å²) < 4.78 is 45.0. The maximum atomic E-state index is 13.6. The number of hydrogen-bond acceptors (Lipinski definition) is 6. The fraction of sp³-hybridized carbons (Fsp3) is 0.273. The number of sulfonamides is 1. The lowest BCUT2D eigenvalue weighted by Crippen LogP contribution is -2.30. The quantitative estimate of drug-likeness (QED) is 0.564. The summed E-state index contributed by atoms with van der Waals surface area (Å²) in [4.78, 5) is 0.285. The van der Waals surface area contributed by atoms with Crippen molar-refractivity contribution in [2.45, 2.75) is 10.3 Å². The molecule has 0 N–H and O–H groups in total. The molecule has 6 nitrogen and oxygen atoms in total. The summed E-state index contributed by atoms with van der Waals surface area (Å²) in [5.74, 6) is 2.31. The van der Waals surface area contributed by atoms with E-state index in [1.54, 1.807) is 57.4 Å². The molecule has 8 heteroatoms. The lowest BCUT2D eigenvalue weighted by atomic mass is 10.1. The molecule has 0 saturated carbocycles. The maximum Gasteiger partial charge on any atom is 0.244 e. The third-order valence-electron chi connectivity index (χ3n) is 5.18. The van der Waals surface area contributed by atoms with Crippen molar-refractivity contribution in [3.8, 4) is 17.2 Å². The summed E-state index contributed by atoms with van der Waals surface area (Å²) in [5.41, 5.74) is 0.738. The SMILES string of the molecule is COc1cc(OC)c([C@H]2SCCN2S(=O)(=O)c2ccc3ccccc3c2)cc1OC. The van der Waals surface area contributed by atoms with Crippen molar-refractivity contribution in [3.05, 3.63) is 60.2 Å². The number of thioether (sulfide) groups is 1. The van der Waals surface area contributed by atoms with Crippen molar-refractivity contribution in [1.82, 2.24) is 4.31 Å². The zero-order valence-corrected chi connectivity index (χ0v) is 18.6. The zero-order valence-electron chi connectivity index (χ0n) is 17.0. The summed E-state index contributed by atoms with van der Waals surface area (Å²) in [6.07, 6.45) is 0. The normalized spacial score (nSPS) is 17.2. The number of ether oxygens (including phenoxy) is 3. The van der Waals surface area contributed by atoms with E-state index in [1.165, 1.54) is 4.31 Å². The molecule has 1 aliphatic heterocycles. The van der Waals surface area contributed by atoms with Gasteiger partial charge in [-0.2, -0.15) is 4.31 Å². The van der Waals surface area contributed by atoms with Crippen LogP contribution in [0.15, 0.2) is 59.5 Å². The molecule has 0 spiro atoms. The van der Waals surface area contributed by atoms with Crippen molar-refractivity contribution in [1.29, 1.82) is 0 Å². The fourth-order valence-electron chi connectivity index (χ4n) is 3.65. The van der Waals surface area contributed by atoms with Gasteiger partial charge in [0.05, 0.1) is 31.6 Å². The van der Waals surface area contributed by atoms with Gasteiger partial charge in [-0.1, -0.05) is 30.3 Å². The molecular weight excluding hydrogens is 422 g/mol. The van der Waals surface area contributed by atoms with E-state index in [1.807, 2.05) is 30.3 Å². The van der Waals surface area contributed by atoms with Crippen molar-refractivity contribution in [3.63, 3.8) is 0 Å². The molecule has 1 fully saturated rings. The van der Waals surface area contributed by atoms with E-state index >= 15 is 0 Å². The van der Waals surface area contributed by atoms with Crippen LogP contribution in [0.4, 0.5) is 0 Å². The van der Waals surface area contributed by atoms with Gasteiger partial charge >= 0.3 is 0 Å². The minimum absolute atomic E-state index is 0.285. The van der Waals surface area contributed by atoms with Crippen LogP contribution in [0.25, 0.3) is 10.8 Å². The predicted octanol–water partition coefficient (Wildman–Crippen LogP) is 4.30. The summed E-state index contributed by atoms with van der Waals surface area (Å²) in [7, 11) is 0.968. The monoisotopic (exact) mass is 445 g/mol. The molecule has 0 amide bonds. The second kappa shape index (κ2) is 8.37. The van der Waals surface area contributed by atoms with E-state index in [9.17, 15) is 8.42 Å². The molecule has 0 radical (unpaired) electrons. The first-order valence-electron chi connectivity index (χ1n) is 9.41. The minimum Gasteiger partial charge on any atom is -0.496 e. The van der Waals surface area contributed by atoms with Crippen LogP contribution in [-0.2, 0) is 10.0 Å². The Morgan fingerprint density at radius 1 is 0.867 bits per heavy atom. The number of methoxy groups -OCH3 is 3. The largest absolute Gasteiger partial charge is 0.496 e. The molecule has 0 aliphatic carbocycles. The molecule has 3 aromatic rings. The first kappa shape index (κ1) is 20.8. The second-order valence-corrected chi connectivity index (χ2v) is 9.88. The minimum atomic E-state index is -3.70. The fourth-order valence-corrected chi connectivity index (χ4v) is 6.94. The smallest absolute Gasteiger partial charge is 0.244 e. The Labute approximate surface area is 180 Å². The van der Waals surface area contributed by atoms with Gasteiger partial charge in [0.1, 0.15) is 5.75 Å². The van der Waals surface area contributed by atoms with Crippen LogP contribution in [0.1, 0.15) is 10.9 Å². The van der Waals surface area contributed by atoms with Crippen molar-refractivity contribution >= 4 is 32.6 Å². The highest BCUT2D eigenvalue weighted by molar-refractivity contribution is 8.01. The van der Waals surface area contributed by atoms with E-state index in [4.69, 9.17) is 14.2 Å². The van der Waals surface area contributed by atoms with Gasteiger partial charge in [0, 0.05) is 23.9 Å². The molecular formula is C22H23NO5S2. The zero-order chi connectivity index (χ0) is 21.3. The van der Waals surface area contributed by atoms with Gasteiger partial charge in [0.15, 0.2) is 11.5 Å². The van der Waals surface area contributed by atoms with Gasteiger partial charge in [0.2, 0.25) is 10.0 Å². The molecule has 1 heterocycles. The number of fused-ring (bicyclic) bond motifs is 1. The predicted molar refractivity (Wildman–Crippen MR) is 119 cm³/mol. The van der Waals surface area contributed by atoms with Crippen LogP contribution < -0.4 is 14.2 Å². The molecule has 0 bridgehead atoms. The molecule has 158 valence electrons. The summed E-state index contributed by atoms with van der Waals surface area (Å²) in [6.45, 7) is 0.419. The maximum absolute atomic E-state index is 13.6. The van der Waals surface area contributed by atoms with Crippen LogP contribution >= 0.6 is 11.8 Å². The molecule has 0 unspecified atom stereocenters. The van der Waals surface area contributed by atoms with Crippen LogP contribution in [0.3, 0.4) is 0 Å². The lowest BCUT2D eigenvalue weighted by Gasteiger charge is -2.26. The van der Waals surface area contributed by atoms with Crippen LogP contribution in [-0.4, -0.2) is 46.4 Å². The van der Waals surface area contributed by atoms with E-state index in [-0.39, 0.29) is 4.90 Å². The first-order valence-corrected chi connectivity index (χ1v) is 11.9. The Morgan fingerprint density at radius 2 is 1.53 bits per heavy atom. The average molecular weight is 446 g/mol. The third-order valence-corrected chi connectivity index (χ3v) is 8.41. The Kier molecular flexibility index (Phi) is 5.81. The topological polar surface area (TPSA) is 65.1 Å². The molecule has 0 aromatic heterocycles. The van der Waals surface area contributed by atoms with Gasteiger partial charge in [-0.05, 0) is 29.0 Å². The van der Waals surface area contributed by atoms with Crippen LogP contribution in [0.2, 0.25) is 0 Å². The highest BCUT2D eigenvalue weighted by Crippen LogP contribution is 2.47. The lowest BCUT2D eigenvalue weighted by molar-refractivity contribution is 0.344. The van der Waals surface area contributed by atoms with Crippen LogP contribution in [0, 0.1) is 0 Å². The summed E-state index contributed by atoms with van der Waals surface area (Å²) in [6, 6.07) is 16.5. The summed E-state index contributed by atoms with van der Waals surface area (Å²) in [5, 5.41) is 1.48. The molecule has 30 heavy (non-hydrogen) atoms. The number of rotatable bonds is 6. The third kappa shape index (κ3) is 3.59. The number of nitrogens with zero attached hydrogens (tertiary/aromatic N) is 1. The molecule has 1 saturated heterocycles. The van der Waals surface area contributed by atoms with Gasteiger partial charge in [-0.25, -0.2) is 8.42 Å². The van der Waals surface area contributed by atoms with Crippen LogP contribution in [0.5, 0.6) is 17.2 Å². The number of hydrogen-bond donors (Lipinski definition) is 0. The Hall–Kier alpha value is -2.42. The van der Waals surface area contributed by atoms with Gasteiger partial charge in [-0.15, -0.1) is 11.8 Å². The highest BCUT2D eigenvalue weighted by Gasteiger charge is 2.39. The van der Waals surface area contributed by atoms with Gasteiger partial charge in [-0.3, -0.25) is 0 Å². The van der Waals surface area contributed by atoms with Gasteiger partial charge in [0.25, 0.3) is 0 Å². The van der Waals surface area contributed by atoms with Crippen molar-refractivity contribution in [2.24, 2.45) is 0 Å². The van der Waals surface area contributed by atoms with E-state index in [0.29, 0.717) is 29.5 Å². The van der Waals surface area contributed by atoms with E-state index in [0.717, 1.165) is 16.3 Å². The number of benzene rings is 3. The molecule has 4 rings (SSSR count). The highest BCUT2D eigenvalue weighted by atomic mass is 32.2. The van der Waals surface area contributed by atoms with Gasteiger partial charge < -0.3 is 14.2 Å². The Balaban J connectivity index is 1.77. The Morgan fingerprint density at radius 3 is 2.23 bits per heavy atom. The first-order chi connectivity index (χ1) is 14.5.